The Bertz CT molecular complexity index is 1070. The molecule has 3 unspecified atom stereocenters. The molecular weight excluding hydrogens is 467 g/mol. The van der Waals surface area contributed by atoms with Gasteiger partial charge in [-0.1, -0.05) is 19.9 Å². The minimum Gasteiger partial charge on any atom is -0.381 e. The van der Waals surface area contributed by atoms with Gasteiger partial charge in [0.15, 0.2) is 0 Å². The van der Waals surface area contributed by atoms with Gasteiger partial charge in [-0.3, -0.25) is 5.10 Å². The molecule has 2 aliphatic carbocycles. The molecule has 5 aliphatic rings. The molecule has 0 spiro atoms. The summed E-state index contributed by atoms with van der Waals surface area (Å²) in [7, 11) is 0. The van der Waals surface area contributed by atoms with Gasteiger partial charge in [0.05, 0.1) is 0 Å². The summed E-state index contributed by atoms with van der Waals surface area (Å²) in [6.45, 7) is 8.57. The molecule has 1 aromatic rings. The minimum absolute atomic E-state index is 0.0214. The summed E-state index contributed by atoms with van der Waals surface area (Å²) >= 11 is 0. The van der Waals surface area contributed by atoms with Crippen molar-refractivity contribution in [3.63, 3.8) is 0 Å². The van der Waals surface area contributed by atoms with Crippen molar-refractivity contribution in [3.05, 3.63) is 46.8 Å². The number of ether oxygens (including phenoxy) is 1. The second kappa shape index (κ2) is 9.01. The number of aromatic amines is 1. The number of hydrogen-bond donors (Lipinski definition) is 2. The summed E-state index contributed by atoms with van der Waals surface area (Å²) in [4.78, 5) is 7.10. The Balaban J connectivity index is 1.17. The molecule has 0 saturated carbocycles. The van der Waals surface area contributed by atoms with Gasteiger partial charge >= 0.3 is 6.18 Å². The van der Waals surface area contributed by atoms with Crippen LogP contribution in [0.25, 0.3) is 0 Å². The van der Waals surface area contributed by atoms with Crippen LogP contribution in [-0.4, -0.2) is 59.1 Å². The van der Waals surface area contributed by atoms with Gasteiger partial charge in [0.1, 0.15) is 12.2 Å². The van der Waals surface area contributed by atoms with E-state index in [1.807, 2.05) is 0 Å². The van der Waals surface area contributed by atoms with Crippen molar-refractivity contribution in [2.24, 2.45) is 29.6 Å². The van der Waals surface area contributed by atoms with Crippen LogP contribution in [0.2, 0.25) is 0 Å². The lowest BCUT2D eigenvalue weighted by Crippen LogP contribution is -2.47. The van der Waals surface area contributed by atoms with E-state index in [0.717, 1.165) is 76.5 Å². The summed E-state index contributed by atoms with van der Waals surface area (Å²) in [6, 6.07) is 0. The van der Waals surface area contributed by atoms with E-state index in [4.69, 9.17) is 4.74 Å². The van der Waals surface area contributed by atoms with Crippen LogP contribution >= 0.6 is 0 Å². The van der Waals surface area contributed by atoms with Gasteiger partial charge in [-0.15, -0.1) is 0 Å². The van der Waals surface area contributed by atoms with Crippen LogP contribution in [0.3, 0.4) is 0 Å². The lowest BCUT2D eigenvalue weighted by Gasteiger charge is -2.47. The molecule has 0 radical (unpaired) electrons. The number of alkyl halides is 3. The number of piperidine rings is 1. The van der Waals surface area contributed by atoms with E-state index in [1.165, 1.54) is 17.3 Å². The highest BCUT2D eigenvalue weighted by Crippen LogP contribution is 2.54. The van der Waals surface area contributed by atoms with Crippen LogP contribution < -0.4 is 5.32 Å². The number of hydrogen-bond acceptors (Lipinski definition) is 5. The van der Waals surface area contributed by atoms with Gasteiger partial charge in [0, 0.05) is 48.1 Å². The molecule has 36 heavy (non-hydrogen) atoms. The third-order valence-electron chi connectivity index (χ3n) is 9.84. The predicted octanol–water partition coefficient (Wildman–Crippen LogP) is 4.72. The molecule has 2 fully saturated rings. The van der Waals surface area contributed by atoms with Gasteiger partial charge in [-0.2, -0.15) is 18.3 Å². The Hall–Kier alpha value is -2.13. The van der Waals surface area contributed by atoms with Gasteiger partial charge in [0.25, 0.3) is 0 Å². The SMILES string of the molecule is CC1C(C(F)(F)F)=CC=C2NC3=C(C21)[C@H](C)C1CN(CCC2(c4ncn[nH]4)CCOCC2)CC[C@@H]1C3. The van der Waals surface area contributed by atoms with Crippen molar-refractivity contribution in [1.29, 1.82) is 0 Å². The van der Waals surface area contributed by atoms with Gasteiger partial charge in [-0.05, 0) is 80.5 Å². The summed E-state index contributed by atoms with van der Waals surface area (Å²) in [6.07, 6.45) is 5.27. The van der Waals surface area contributed by atoms with Crippen LogP contribution in [0.5, 0.6) is 0 Å². The van der Waals surface area contributed by atoms with E-state index in [1.54, 1.807) is 19.3 Å². The topological polar surface area (TPSA) is 66.1 Å². The minimum atomic E-state index is -4.28. The van der Waals surface area contributed by atoms with Crippen molar-refractivity contribution >= 4 is 0 Å². The number of nitrogens with zero attached hydrogens (tertiary/aromatic N) is 3. The monoisotopic (exact) mass is 503 g/mol. The highest BCUT2D eigenvalue weighted by atomic mass is 19.4. The molecule has 4 heterocycles. The maximum absolute atomic E-state index is 13.7. The second-order valence-electron chi connectivity index (χ2n) is 11.5. The smallest absolute Gasteiger partial charge is 0.381 e. The van der Waals surface area contributed by atoms with E-state index in [-0.39, 0.29) is 17.3 Å². The first-order chi connectivity index (χ1) is 17.3. The molecule has 2 N–H and O–H groups in total. The Kier molecular flexibility index (Phi) is 6.06. The standard InChI is InChI=1S/C27H36F3N5O/c1-16-19-14-35(10-6-26(7-11-36-12-8-26)25-31-15-32-34-25)9-5-18(19)13-22-23(16)24-17(2)20(27(28,29)30)3-4-21(24)33-22/h3-4,15-19,24,33H,5-14H2,1-2H3,(H,31,32,34)/t16-,17?,18-,19?,24?/m1/s1. The highest BCUT2D eigenvalue weighted by molar-refractivity contribution is 5.46. The number of rotatable bonds is 4. The summed E-state index contributed by atoms with van der Waals surface area (Å²) in [5.74, 6) is 1.56. The van der Waals surface area contributed by atoms with E-state index < -0.39 is 17.7 Å². The van der Waals surface area contributed by atoms with Crippen molar-refractivity contribution in [1.82, 2.24) is 25.4 Å². The van der Waals surface area contributed by atoms with Crippen LogP contribution in [0.4, 0.5) is 13.2 Å². The zero-order valence-corrected chi connectivity index (χ0v) is 21.1. The Labute approximate surface area is 210 Å². The van der Waals surface area contributed by atoms with Crippen molar-refractivity contribution < 1.29 is 17.9 Å². The number of fused-ring (bicyclic) bond motifs is 3. The van der Waals surface area contributed by atoms with Crippen LogP contribution in [0.1, 0.15) is 51.8 Å². The van der Waals surface area contributed by atoms with Crippen LogP contribution in [0.15, 0.2) is 41.0 Å². The zero-order chi connectivity index (χ0) is 25.1. The third-order valence-corrected chi connectivity index (χ3v) is 9.84. The number of H-pyrrole nitrogens is 1. The largest absolute Gasteiger partial charge is 0.412 e. The fourth-order valence-corrected chi connectivity index (χ4v) is 7.77. The van der Waals surface area contributed by atoms with E-state index in [0.29, 0.717) is 11.8 Å². The normalized spacial score (nSPS) is 34.3. The number of likely N-dealkylation sites (tertiary alicyclic amines) is 1. The molecule has 2 saturated heterocycles. The fourth-order valence-electron chi connectivity index (χ4n) is 7.77. The van der Waals surface area contributed by atoms with Crippen molar-refractivity contribution in [3.8, 4) is 0 Å². The first-order valence-corrected chi connectivity index (χ1v) is 13.4. The number of allylic oxidation sites excluding steroid dienone is 5. The fraction of sp³-hybridized carbons (Fsp3) is 0.704. The molecule has 0 bridgehead atoms. The van der Waals surface area contributed by atoms with Crippen LogP contribution in [0, 0.1) is 29.6 Å². The third kappa shape index (κ3) is 4.02. The van der Waals surface area contributed by atoms with Gasteiger partial charge in [-0.25, -0.2) is 4.98 Å². The number of aromatic nitrogens is 3. The number of nitrogens with one attached hydrogen (secondary N) is 2. The van der Waals surface area contributed by atoms with Gasteiger partial charge in [0.2, 0.25) is 0 Å². The number of halogens is 3. The van der Waals surface area contributed by atoms with E-state index >= 15 is 0 Å². The molecule has 6 nitrogen and oxygen atoms in total. The molecule has 3 aliphatic heterocycles. The average Bonchev–Trinajstić information content (AvgIpc) is 3.52. The van der Waals surface area contributed by atoms with Crippen molar-refractivity contribution in [2.75, 3.05) is 32.8 Å². The summed E-state index contributed by atoms with van der Waals surface area (Å²) in [5, 5.41) is 10.8. The maximum atomic E-state index is 13.7. The second-order valence-corrected chi connectivity index (χ2v) is 11.5. The lowest BCUT2D eigenvalue weighted by atomic mass is 9.64. The molecule has 9 heteroatoms. The van der Waals surface area contributed by atoms with E-state index in [2.05, 4.69) is 32.3 Å². The predicted molar refractivity (Wildman–Crippen MR) is 130 cm³/mol. The van der Waals surface area contributed by atoms with Crippen molar-refractivity contribution in [2.45, 2.75) is 57.5 Å². The Morgan fingerprint density at radius 3 is 2.69 bits per heavy atom. The Morgan fingerprint density at radius 1 is 1.17 bits per heavy atom. The lowest BCUT2D eigenvalue weighted by molar-refractivity contribution is -0.1000. The summed E-state index contributed by atoms with van der Waals surface area (Å²) < 4.78 is 46.8. The molecule has 5 atom stereocenters. The maximum Gasteiger partial charge on any atom is 0.412 e. The molecule has 196 valence electrons. The summed E-state index contributed by atoms with van der Waals surface area (Å²) in [5.41, 5.74) is 2.96. The molecular formula is C27H36F3N5O. The molecule has 1 aromatic heterocycles. The van der Waals surface area contributed by atoms with E-state index in [9.17, 15) is 13.2 Å². The highest BCUT2D eigenvalue weighted by Gasteiger charge is 2.50. The Morgan fingerprint density at radius 2 is 1.97 bits per heavy atom. The molecule has 0 amide bonds. The van der Waals surface area contributed by atoms with Gasteiger partial charge < -0.3 is 15.0 Å². The average molecular weight is 504 g/mol. The first-order valence-electron chi connectivity index (χ1n) is 13.4. The van der Waals surface area contributed by atoms with Crippen LogP contribution in [-0.2, 0) is 10.2 Å². The zero-order valence-electron chi connectivity index (χ0n) is 21.1. The quantitative estimate of drug-likeness (QED) is 0.623. The first kappa shape index (κ1) is 24.2. The molecule has 6 rings (SSSR count). The molecule has 0 aromatic carbocycles.